The van der Waals surface area contributed by atoms with E-state index in [1.165, 1.54) is 17.7 Å². The average molecular weight is 220 g/mol. The van der Waals surface area contributed by atoms with E-state index in [0.717, 1.165) is 19.5 Å². The summed E-state index contributed by atoms with van der Waals surface area (Å²) in [6.45, 7) is 8.66. The molecule has 2 N–H and O–H groups in total. The van der Waals surface area contributed by atoms with Crippen LogP contribution in [-0.4, -0.2) is 19.1 Å². The fourth-order valence-corrected chi connectivity index (χ4v) is 2.06. The summed E-state index contributed by atoms with van der Waals surface area (Å²) in [5.74, 6) is 0. The van der Waals surface area contributed by atoms with Gasteiger partial charge in [-0.05, 0) is 38.3 Å². The van der Waals surface area contributed by atoms with Crippen LogP contribution in [-0.2, 0) is 6.42 Å². The molecule has 0 spiro atoms. The summed E-state index contributed by atoms with van der Waals surface area (Å²) in [5, 5.41) is 0. The van der Waals surface area contributed by atoms with Crippen LogP contribution in [0.3, 0.4) is 0 Å². The van der Waals surface area contributed by atoms with E-state index in [1.807, 2.05) is 0 Å². The van der Waals surface area contributed by atoms with Gasteiger partial charge >= 0.3 is 0 Å². The average Bonchev–Trinajstić information content (AvgIpc) is 2.26. The van der Waals surface area contributed by atoms with Gasteiger partial charge in [-0.15, -0.1) is 0 Å². The summed E-state index contributed by atoms with van der Waals surface area (Å²) in [4.78, 5) is 2.43. The van der Waals surface area contributed by atoms with Crippen molar-refractivity contribution in [2.24, 2.45) is 5.73 Å². The van der Waals surface area contributed by atoms with Crippen molar-refractivity contribution in [3.05, 3.63) is 29.8 Å². The lowest BCUT2D eigenvalue weighted by atomic mass is 10.0. The van der Waals surface area contributed by atoms with Gasteiger partial charge in [0.25, 0.3) is 0 Å². The van der Waals surface area contributed by atoms with Gasteiger partial charge in [0.2, 0.25) is 0 Å². The van der Waals surface area contributed by atoms with Crippen LogP contribution in [0.1, 0.15) is 32.8 Å². The maximum absolute atomic E-state index is 5.89. The van der Waals surface area contributed by atoms with Crippen LogP contribution in [0.2, 0.25) is 0 Å². The maximum atomic E-state index is 5.89. The van der Waals surface area contributed by atoms with Crippen molar-refractivity contribution >= 4 is 5.69 Å². The fourth-order valence-electron chi connectivity index (χ4n) is 2.06. The van der Waals surface area contributed by atoms with E-state index < -0.39 is 0 Å². The van der Waals surface area contributed by atoms with E-state index in [2.05, 4.69) is 49.9 Å². The number of nitrogens with zero attached hydrogens (tertiary/aromatic N) is 1. The summed E-state index contributed by atoms with van der Waals surface area (Å²) in [5.41, 5.74) is 8.61. The molecule has 1 aromatic carbocycles. The van der Waals surface area contributed by atoms with Gasteiger partial charge in [0.15, 0.2) is 0 Å². The number of nitrogens with two attached hydrogens (primary N) is 1. The first-order valence-corrected chi connectivity index (χ1v) is 6.27. The second-order valence-electron chi connectivity index (χ2n) is 4.39. The maximum Gasteiger partial charge on any atom is 0.0399 e. The van der Waals surface area contributed by atoms with Crippen LogP contribution in [0.5, 0.6) is 0 Å². The zero-order valence-corrected chi connectivity index (χ0v) is 10.7. The van der Waals surface area contributed by atoms with Gasteiger partial charge in [-0.25, -0.2) is 0 Å². The summed E-state index contributed by atoms with van der Waals surface area (Å²) >= 11 is 0. The molecule has 1 unspecified atom stereocenters. The first kappa shape index (κ1) is 13.0. The number of hydrogen-bond donors (Lipinski definition) is 1. The third-order valence-corrected chi connectivity index (χ3v) is 2.75. The number of hydrogen-bond acceptors (Lipinski definition) is 2. The van der Waals surface area contributed by atoms with Crippen molar-refractivity contribution in [1.82, 2.24) is 0 Å². The molecule has 2 heteroatoms. The molecule has 0 heterocycles. The highest BCUT2D eigenvalue weighted by molar-refractivity contribution is 5.53. The Morgan fingerprint density at radius 1 is 1.25 bits per heavy atom. The molecule has 0 aliphatic carbocycles. The Kier molecular flexibility index (Phi) is 5.33. The Morgan fingerprint density at radius 2 is 1.94 bits per heavy atom. The van der Waals surface area contributed by atoms with Crippen LogP contribution in [0, 0.1) is 0 Å². The first-order valence-electron chi connectivity index (χ1n) is 6.27. The molecule has 0 bridgehead atoms. The van der Waals surface area contributed by atoms with Gasteiger partial charge in [0.1, 0.15) is 0 Å². The van der Waals surface area contributed by atoms with Crippen LogP contribution in [0.4, 0.5) is 5.69 Å². The third kappa shape index (κ3) is 3.53. The second-order valence-corrected chi connectivity index (χ2v) is 4.39. The largest absolute Gasteiger partial charge is 0.372 e. The molecule has 0 aliphatic rings. The Balaban J connectivity index is 2.91. The Morgan fingerprint density at radius 3 is 2.50 bits per heavy atom. The number of rotatable bonds is 6. The Bertz CT molecular complexity index is 307. The molecule has 1 aromatic rings. The molecule has 0 saturated heterocycles. The summed E-state index contributed by atoms with van der Waals surface area (Å²) < 4.78 is 0. The summed E-state index contributed by atoms with van der Waals surface area (Å²) in [6, 6.07) is 8.83. The van der Waals surface area contributed by atoms with E-state index in [0.29, 0.717) is 0 Å². The van der Waals surface area contributed by atoms with Gasteiger partial charge in [-0.2, -0.15) is 0 Å². The zero-order chi connectivity index (χ0) is 12.0. The standard InChI is InChI=1S/C14H24N2/c1-4-10-16(5-2)14-9-7-6-8-13(14)11-12(3)15/h6-9,12H,4-5,10-11,15H2,1-3H3. The molecule has 0 aromatic heterocycles. The molecule has 0 amide bonds. The van der Waals surface area contributed by atoms with Crippen LogP contribution in [0.15, 0.2) is 24.3 Å². The van der Waals surface area contributed by atoms with Crippen LogP contribution < -0.4 is 10.6 Å². The molecular formula is C14H24N2. The highest BCUT2D eigenvalue weighted by Crippen LogP contribution is 2.21. The zero-order valence-electron chi connectivity index (χ0n) is 10.7. The smallest absolute Gasteiger partial charge is 0.0399 e. The molecule has 1 rings (SSSR count). The highest BCUT2D eigenvalue weighted by Gasteiger charge is 2.09. The van der Waals surface area contributed by atoms with Crippen molar-refractivity contribution in [2.45, 2.75) is 39.7 Å². The van der Waals surface area contributed by atoms with Gasteiger partial charge < -0.3 is 10.6 Å². The lowest BCUT2D eigenvalue weighted by molar-refractivity contribution is 0.726. The quantitative estimate of drug-likeness (QED) is 0.798. The summed E-state index contributed by atoms with van der Waals surface area (Å²) in [7, 11) is 0. The number of anilines is 1. The normalized spacial score (nSPS) is 12.5. The molecule has 90 valence electrons. The van der Waals surface area contributed by atoms with E-state index >= 15 is 0 Å². The van der Waals surface area contributed by atoms with Crippen molar-refractivity contribution in [1.29, 1.82) is 0 Å². The SMILES string of the molecule is CCCN(CC)c1ccccc1CC(C)N. The van der Waals surface area contributed by atoms with Crippen LogP contribution >= 0.6 is 0 Å². The molecule has 0 fully saturated rings. The Hall–Kier alpha value is -1.02. The highest BCUT2D eigenvalue weighted by atomic mass is 15.1. The molecule has 0 aliphatic heterocycles. The molecule has 1 atom stereocenters. The lowest BCUT2D eigenvalue weighted by Gasteiger charge is -2.25. The minimum atomic E-state index is 0.224. The van der Waals surface area contributed by atoms with E-state index in [1.54, 1.807) is 0 Å². The predicted octanol–water partition coefficient (Wildman–Crippen LogP) is 2.81. The Labute approximate surface area is 99.5 Å². The number of benzene rings is 1. The van der Waals surface area contributed by atoms with Gasteiger partial charge in [-0.3, -0.25) is 0 Å². The predicted molar refractivity (Wildman–Crippen MR) is 72.0 cm³/mol. The third-order valence-electron chi connectivity index (χ3n) is 2.75. The van der Waals surface area contributed by atoms with Crippen molar-refractivity contribution in [3.63, 3.8) is 0 Å². The van der Waals surface area contributed by atoms with Crippen molar-refractivity contribution in [3.8, 4) is 0 Å². The fraction of sp³-hybridized carbons (Fsp3) is 0.571. The van der Waals surface area contributed by atoms with Gasteiger partial charge in [-0.1, -0.05) is 25.1 Å². The van der Waals surface area contributed by atoms with Gasteiger partial charge in [0.05, 0.1) is 0 Å². The monoisotopic (exact) mass is 220 g/mol. The van der Waals surface area contributed by atoms with Crippen molar-refractivity contribution in [2.75, 3.05) is 18.0 Å². The van der Waals surface area contributed by atoms with E-state index in [9.17, 15) is 0 Å². The minimum absolute atomic E-state index is 0.224. The number of para-hydroxylation sites is 1. The minimum Gasteiger partial charge on any atom is -0.372 e. The molecule has 0 saturated carbocycles. The topological polar surface area (TPSA) is 29.3 Å². The van der Waals surface area contributed by atoms with Gasteiger partial charge in [0, 0.05) is 24.8 Å². The molecule has 2 nitrogen and oxygen atoms in total. The molecule has 0 radical (unpaired) electrons. The van der Waals surface area contributed by atoms with E-state index in [4.69, 9.17) is 5.73 Å². The molecular weight excluding hydrogens is 196 g/mol. The van der Waals surface area contributed by atoms with Crippen molar-refractivity contribution < 1.29 is 0 Å². The second kappa shape index (κ2) is 6.54. The summed E-state index contributed by atoms with van der Waals surface area (Å²) in [6.07, 6.45) is 2.14. The molecule has 16 heavy (non-hydrogen) atoms. The van der Waals surface area contributed by atoms with E-state index in [-0.39, 0.29) is 6.04 Å². The van der Waals surface area contributed by atoms with Crippen LogP contribution in [0.25, 0.3) is 0 Å². The lowest BCUT2D eigenvalue weighted by Crippen LogP contribution is -2.26. The first-order chi connectivity index (χ1) is 7.69.